The fraction of sp³-hybridized carbons (Fsp3) is 0.435. The van der Waals surface area contributed by atoms with Crippen LogP contribution in [0.15, 0.2) is 53.4 Å². The Morgan fingerprint density at radius 1 is 1.18 bits per heavy atom. The zero-order valence-corrected chi connectivity index (χ0v) is 20.5. The van der Waals surface area contributed by atoms with Crippen LogP contribution in [0.2, 0.25) is 0 Å². The molecule has 0 fully saturated rings. The number of carbonyl (C=O) groups excluding carboxylic acids is 1. The average Bonchev–Trinajstić information content (AvgIpc) is 2.80. The van der Waals surface area contributed by atoms with Crippen molar-refractivity contribution in [1.82, 2.24) is 4.31 Å². The largest absolute Gasteiger partial charge is 0.468 e. The molecule has 11 heteroatoms. The molecule has 0 amide bonds. The number of nitro benzene ring substituents is 1. The van der Waals surface area contributed by atoms with Crippen LogP contribution in [0.1, 0.15) is 25.8 Å². The second kappa shape index (κ2) is 11.9. The van der Waals surface area contributed by atoms with Crippen LogP contribution in [0.3, 0.4) is 0 Å². The molecule has 186 valence electrons. The lowest BCUT2D eigenvalue weighted by Gasteiger charge is -2.33. The van der Waals surface area contributed by atoms with E-state index in [1.165, 1.54) is 37.4 Å². The number of rotatable bonds is 12. The summed E-state index contributed by atoms with van der Waals surface area (Å²) in [4.78, 5) is 23.5. The smallest absolute Gasteiger partial charge is 0.324 e. The third-order valence-electron chi connectivity index (χ3n) is 5.22. The molecule has 0 aromatic heterocycles. The van der Waals surface area contributed by atoms with Gasteiger partial charge in [0.25, 0.3) is 5.69 Å². The number of aliphatic hydroxyl groups excluding tert-OH is 1. The maximum atomic E-state index is 13.7. The number of hydrogen-bond donors (Lipinski definition) is 2. The molecule has 34 heavy (non-hydrogen) atoms. The Labute approximate surface area is 199 Å². The Bertz CT molecular complexity index is 1090. The van der Waals surface area contributed by atoms with E-state index in [0.717, 1.165) is 9.87 Å². The van der Waals surface area contributed by atoms with Gasteiger partial charge in [0.05, 0.1) is 29.6 Å². The number of esters is 1. The highest BCUT2D eigenvalue weighted by Gasteiger charge is 2.38. The van der Waals surface area contributed by atoms with Gasteiger partial charge in [0.2, 0.25) is 10.0 Å². The summed E-state index contributed by atoms with van der Waals surface area (Å²) in [7, 11) is -3.01. The van der Waals surface area contributed by atoms with Crippen LogP contribution in [0.4, 0.5) is 11.4 Å². The van der Waals surface area contributed by atoms with Gasteiger partial charge in [-0.2, -0.15) is 4.31 Å². The normalized spacial score (nSPS) is 13.5. The number of anilines is 1. The van der Waals surface area contributed by atoms with E-state index in [1.807, 2.05) is 20.8 Å². The molecular weight excluding hydrogens is 462 g/mol. The van der Waals surface area contributed by atoms with E-state index in [1.54, 1.807) is 18.2 Å². The number of nitrogens with zero attached hydrogens (tertiary/aromatic N) is 2. The number of para-hydroxylation sites is 2. The monoisotopic (exact) mass is 493 g/mol. The summed E-state index contributed by atoms with van der Waals surface area (Å²) >= 11 is 0. The first kappa shape index (κ1) is 27.2. The summed E-state index contributed by atoms with van der Waals surface area (Å²) in [6.07, 6.45) is 0.182. The lowest BCUT2D eigenvalue weighted by Crippen LogP contribution is -2.51. The summed E-state index contributed by atoms with van der Waals surface area (Å²) in [6, 6.07) is 9.95. The number of hydrogen-bond acceptors (Lipinski definition) is 8. The maximum absolute atomic E-state index is 13.7. The van der Waals surface area contributed by atoms with E-state index in [9.17, 15) is 28.4 Å². The van der Waals surface area contributed by atoms with Gasteiger partial charge < -0.3 is 15.2 Å². The standard InChI is InChI=1S/C23H31N3O7S/c1-16(2)13-22(23(28)33-4)25(34(31,32)19-11-9-17(3)10-12-19)14-18(15-27)24-20-7-5-6-8-21(20)26(29)30/h5-12,16,18,22,24,27H,13-15H2,1-4H3/t18-,22+/m1/s1. The van der Waals surface area contributed by atoms with Gasteiger partial charge in [-0.05, 0) is 37.5 Å². The van der Waals surface area contributed by atoms with Crippen LogP contribution < -0.4 is 5.32 Å². The number of aliphatic hydroxyl groups is 1. The van der Waals surface area contributed by atoms with E-state index < -0.39 is 39.6 Å². The minimum atomic E-state index is -4.19. The van der Waals surface area contributed by atoms with Gasteiger partial charge in [0.15, 0.2) is 0 Å². The quantitative estimate of drug-likeness (QED) is 0.261. The van der Waals surface area contributed by atoms with Gasteiger partial charge in [0.1, 0.15) is 11.7 Å². The lowest BCUT2D eigenvalue weighted by atomic mass is 10.0. The Morgan fingerprint density at radius 3 is 2.32 bits per heavy atom. The van der Waals surface area contributed by atoms with Crippen molar-refractivity contribution in [3.63, 3.8) is 0 Å². The summed E-state index contributed by atoms with van der Waals surface area (Å²) < 4.78 is 33.3. The lowest BCUT2D eigenvalue weighted by molar-refractivity contribution is -0.384. The van der Waals surface area contributed by atoms with Crippen molar-refractivity contribution in [3.8, 4) is 0 Å². The van der Waals surface area contributed by atoms with Gasteiger partial charge in [-0.25, -0.2) is 8.42 Å². The summed E-state index contributed by atoms with van der Waals surface area (Å²) in [5, 5.41) is 24.3. The minimum Gasteiger partial charge on any atom is -0.468 e. The van der Waals surface area contributed by atoms with Crippen molar-refractivity contribution in [1.29, 1.82) is 0 Å². The molecule has 0 bridgehead atoms. The van der Waals surface area contributed by atoms with E-state index in [2.05, 4.69) is 5.32 Å². The molecule has 0 unspecified atom stereocenters. The SMILES string of the molecule is COC(=O)[C@H](CC(C)C)N(C[C@H](CO)Nc1ccccc1[N+](=O)[O-])S(=O)(=O)c1ccc(C)cc1. The number of benzene rings is 2. The fourth-order valence-corrected chi connectivity index (χ4v) is 5.13. The molecule has 0 aliphatic rings. The third kappa shape index (κ3) is 6.75. The number of sulfonamides is 1. The molecule has 2 N–H and O–H groups in total. The molecule has 0 spiro atoms. The van der Waals surface area contributed by atoms with Crippen LogP contribution in [0.25, 0.3) is 0 Å². The van der Waals surface area contributed by atoms with Gasteiger partial charge in [-0.1, -0.05) is 43.7 Å². The van der Waals surface area contributed by atoms with Crippen molar-refractivity contribution in [3.05, 3.63) is 64.2 Å². The molecule has 0 radical (unpaired) electrons. The van der Waals surface area contributed by atoms with Crippen molar-refractivity contribution in [2.75, 3.05) is 25.6 Å². The number of aryl methyl sites for hydroxylation is 1. The molecule has 2 rings (SSSR count). The second-order valence-corrected chi connectivity index (χ2v) is 10.2. The first-order valence-electron chi connectivity index (χ1n) is 10.8. The van der Waals surface area contributed by atoms with E-state index >= 15 is 0 Å². The molecule has 0 heterocycles. The van der Waals surface area contributed by atoms with E-state index in [-0.39, 0.29) is 35.2 Å². The summed E-state index contributed by atoms with van der Waals surface area (Å²) in [6.45, 7) is 4.65. The van der Waals surface area contributed by atoms with E-state index in [4.69, 9.17) is 4.74 Å². The molecule has 2 aromatic rings. The first-order chi connectivity index (χ1) is 16.0. The van der Waals surface area contributed by atoms with Gasteiger partial charge in [0, 0.05) is 12.6 Å². The van der Waals surface area contributed by atoms with Crippen LogP contribution in [-0.4, -0.2) is 61.1 Å². The van der Waals surface area contributed by atoms with Crippen LogP contribution in [-0.2, 0) is 19.6 Å². The number of nitro groups is 1. The molecule has 0 aliphatic carbocycles. The summed E-state index contributed by atoms with van der Waals surface area (Å²) in [5.41, 5.74) is 0.766. The van der Waals surface area contributed by atoms with Crippen LogP contribution in [0.5, 0.6) is 0 Å². The van der Waals surface area contributed by atoms with Crippen molar-refractivity contribution < 1.29 is 28.0 Å². The molecule has 0 saturated heterocycles. The molecule has 2 aromatic carbocycles. The Kier molecular flexibility index (Phi) is 9.54. The first-order valence-corrected chi connectivity index (χ1v) is 12.2. The van der Waals surface area contributed by atoms with Crippen molar-refractivity contribution in [2.24, 2.45) is 5.92 Å². The maximum Gasteiger partial charge on any atom is 0.324 e. The fourth-order valence-electron chi connectivity index (χ4n) is 3.49. The van der Waals surface area contributed by atoms with E-state index in [0.29, 0.717) is 0 Å². The van der Waals surface area contributed by atoms with Crippen molar-refractivity contribution >= 4 is 27.4 Å². The molecule has 2 atom stereocenters. The zero-order valence-electron chi connectivity index (χ0n) is 19.7. The third-order valence-corrected chi connectivity index (χ3v) is 7.11. The molecule has 0 aliphatic heterocycles. The Hall–Kier alpha value is -3.02. The number of nitrogens with one attached hydrogen (secondary N) is 1. The molecule has 0 saturated carbocycles. The highest BCUT2D eigenvalue weighted by molar-refractivity contribution is 7.89. The van der Waals surface area contributed by atoms with Crippen molar-refractivity contribution in [2.45, 2.75) is 44.2 Å². The second-order valence-electron chi connectivity index (χ2n) is 8.35. The Morgan fingerprint density at radius 2 is 1.79 bits per heavy atom. The topological polar surface area (TPSA) is 139 Å². The van der Waals surface area contributed by atoms with Gasteiger partial charge >= 0.3 is 5.97 Å². The van der Waals surface area contributed by atoms with Crippen LogP contribution >= 0.6 is 0 Å². The predicted octanol–water partition coefficient (Wildman–Crippen LogP) is 2.95. The summed E-state index contributed by atoms with van der Waals surface area (Å²) in [5.74, 6) is -0.776. The van der Waals surface area contributed by atoms with Gasteiger partial charge in [-0.3, -0.25) is 14.9 Å². The highest BCUT2D eigenvalue weighted by Crippen LogP contribution is 2.27. The number of ether oxygens (including phenoxy) is 1. The predicted molar refractivity (Wildman–Crippen MR) is 128 cm³/mol. The Balaban J connectivity index is 2.52. The molecule has 10 nitrogen and oxygen atoms in total. The zero-order chi connectivity index (χ0) is 25.5. The minimum absolute atomic E-state index is 0.0156. The number of methoxy groups -OCH3 is 1. The van der Waals surface area contributed by atoms with Crippen LogP contribution in [0, 0.1) is 23.0 Å². The molecular formula is C23H31N3O7S. The number of carbonyl (C=O) groups is 1. The highest BCUT2D eigenvalue weighted by atomic mass is 32.2. The average molecular weight is 494 g/mol. The van der Waals surface area contributed by atoms with Gasteiger partial charge in [-0.15, -0.1) is 0 Å².